The number of pyridine rings is 3. The minimum absolute atomic E-state index is 0. The van der Waals surface area contributed by atoms with Crippen LogP contribution in [-0.4, -0.2) is 80.5 Å². The first-order chi connectivity index (χ1) is 44.1. The normalized spacial score (nSPS) is 10.1. The Morgan fingerprint density at radius 2 is 0.870 bits per heavy atom. The zero-order chi connectivity index (χ0) is 65.7. The Morgan fingerprint density at radius 3 is 1.13 bits per heavy atom. The number of urea groups is 2. The number of carbonyl (C=O) groups is 3. The van der Waals surface area contributed by atoms with E-state index in [9.17, 15) is 14.4 Å². The van der Waals surface area contributed by atoms with E-state index in [0.717, 1.165) is 16.7 Å². The zero-order valence-corrected chi connectivity index (χ0v) is 52.0. The number of hydrogen-bond acceptors (Lipinski definition) is 14. The Hall–Kier alpha value is -11.6. The summed E-state index contributed by atoms with van der Waals surface area (Å²) in [6.45, 7) is 7.24. The first kappa shape index (κ1) is 71.2. The molecule has 92 heavy (non-hydrogen) atoms. The number of anilines is 3. The van der Waals surface area contributed by atoms with E-state index in [2.05, 4.69) is 59.4 Å². The van der Waals surface area contributed by atoms with Gasteiger partial charge in [0.15, 0.2) is 6.29 Å². The van der Waals surface area contributed by atoms with Gasteiger partial charge in [-0.15, -0.1) is 12.4 Å². The van der Waals surface area contributed by atoms with Gasteiger partial charge in [-0.1, -0.05) is 72.8 Å². The first-order valence-corrected chi connectivity index (χ1v) is 28.4. The van der Waals surface area contributed by atoms with Crippen molar-refractivity contribution in [3.05, 3.63) is 232 Å². The molecule has 18 nitrogen and oxygen atoms in total. The van der Waals surface area contributed by atoms with Gasteiger partial charge >= 0.3 is 12.1 Å². The molecule has 470 valence electrons. The van der Waals surface area contributed by atoms with Crippen molar-refractivity contribution in [2.24, 2.45) is 4.99 Å². The molecule has 0 saturated carbocycles. The number of benzene rings is 6. The van der Waals surface area contributed by atoms with Crippen molar-refractivity contribution < 1.29 is 41.8 Å². The molecule has 6 aromatic carbocycles. The Labute approximate surface area is 538 Å². The van der Waals surface area contributed by atoms with E-state index in [4.69, 9.17) is 35.7 Å². The summed E-state index contributed by atoms with van der Waals surface area (Å²) >= 11 is 0. The van der Waals surface area contributed by atoms with Gasteiger partial charge in [-0.05, 0) is 144 Å². The van der Waals surface area contributed by atoms with Gasteiger partial charge in [-0.25, -0.2) is 37.7 Å². The monoisotopic (exact) mass is 1260 g/mol. The van der Waals surface area contributed by atoms with Gasteiger partial charge in [0.2, 0.25) is 0 Å². The zero-order valence-electron chi connectivity index (χ0n) is 51.2. The van der Waals surface area contributed by atoms with E-state index >= 15 is 13.2 Å². The molecule has 22 heteroatoms. The van der Waals surface area contributed by atoms with Crippen LogP contribution in [0.4, 0.5) is 40.2 Å². The number of aliphatic imine (C=N–C) groups is 1. The van der Waals surface area contributed by atoms with Gasteiger partial charge in [0.25, 0.3) is 0 Å². The lowest BCUT2D eigenvalue weighted by molar-refractivity contribution is -0.102. The molecule has 0 spiro atoms. The predicted octanol–water partition coefficient (Wildman–Crippen LogP) is 13.6. The fourth-order valence-electron chi connectivity index (χ4n) is 8.96. The first-order valence-electron chi connectivity index (χ1n) is 28.4. The summed E-state index contributed by atoms with van der Waals surface area (Å²) < 4.78 is 62.1. The molecule has 0 bridgehead atoms. The maximum Gasteiger partial charge on any atom is 0.320 e. The maximum absolute atomic E-state index is 15.4. The van der Waals surface area contributed by atoms with Crippen molar-refractivity contribution in [3.8, 4) is 68.8 Å². The van der Waals surface area contributed by atoms with E-state index in [-0.39, 0.29) is 30.3 Å². The molecule has 0 aliphatic rings. The second-order valence-electron chi connectivity index (χ2n) is 19.4. The van der Waals surface area contributed by atoms with E-state index in [1.807, 2.05) is 26.8 Å². The molecule has 0 fully saturated rings. The molecule has 0 atom stereocenters. The summed E-state index contributed by atoms with van der Waals surface area (Å²) in [5, 5.41) is 37.9. The molecule has 0 aliphatic carbocycles. The Kier molecular flexibility index (Phi) is 28.3. The van der Waals surface area contributed by atoms with Gasteiger partial charge in [-0.2, -0.15) is 15.8 Å². The van der Waals surface area contributed by atoms with Crippen LogP contribution in [0, 0.1) is 51.4 Å². The fourth-order valence-corrected chi connectivity index (χ4v) is 8.96. The fraction of sp³-hybridized carbons (Fsp3) is 0.171. The molecular weight excluding hydrogens is 1200 g/mol. The molecule has 0 radical (unpaired) electrons. The number of hydrogen-bond donors (Lipinski definition) is 5. The smallest absolute Gasteiger partial charge is 0.320 e. The van der Waals surface area contributed by atoms with E-state index in [0.29, 0.717) is 147 Å². The Morgan fingerprint density at radius 1 is 0.522 bits per heavy atom. The van der Waals surface area contributed by atoms with Crippen molar-refractivity contribution in [2.75, 3.05) is 57.3 Å². The average Bonchev–Trinajstić information content (AvgIpc) is 0.954. The highest BCUT2D eigenvalue weighted by Crippen LogP contribution is 2.38. The summed E-state index contributed by atoms with van der Waals surface area (Å²) in [6, 6.07) is 46.5. The minimum atomic E-state index is -0.408. The minimum Gasteiger partial charge on any atom is -0.496 e. The van der Waals surface area contributed by atoms with Crippen molar-refractivity contribution in [1.82, 2.24) is 25.6 Å². The summed E-state index contributed by atoms with van der Waals surface area (Å²) in [7, 11) is 4.46. The molecule has 0 aliphatic heterocycles. The van der Waals surface area contributed by atoms with E-state index in [1.165, 1.54) is 27.5 Å². The molecule has 0 unspecified atom stereocenters. The average molecular weight is 1260 g/mol. The summed E-state index contributed by atoms with van der Waals surface area (Å²) in [5.41, 5.74) is 13.6. The van der Waals surface area contributed by atoms with Crippen molar-refractivity contribution in [2.45, 2.75) is 40.0 Å². The molecule has 9 aromatic rings. The lowest BCUT2D eigenvalue weighted by Gasteiger charge is -2.14. The van der Waals surface area contributed by atoms with Gasteiger partial charge in [0.1, 0.15) is 52.2 Å². The largest absolute Gasteiger partial charge is 0.496 e. The quantitative estimate of drug-likeness (QED) is 0.0395. The SMILES string of the molecule is CCN=CC=O.CCNC(=O)Nc1ccc(Cc2ccc(OC)c(-c3cccc(C#N)c3)c2F)cn1.CCNC(=O)Nc1ccc(Cc2ccc(OC)c(-c3cccc(C#N)c3)c2F)cn1.COc1ccc(Cc2ccc(N)nc2)c(F)c1-c1cccc(C#N)c1.Cl. The van der Waals surface area contributed by atoms with E-state index in [1.54, 1.807) is 158 Å². The van der Waals surface area contributed by atoms with Crippen LogP contribution in [0.2, 0.25) is 0 Å². The van der Waals surface area contributed by atoms with Crippen LogP contribution < -0.4 is 41.2 Å². The number of carbonyl (C=O) groups excluding carboxylic acids is 3. The van der Waals surface area contributed by atoms with Crippen LogP contribution in [0.1, 0.15) is 70.8 Å². The number of nitriles is 3. The predicted molar refractivity (Wildman–Crippen MR) is 353 cm³/mol. The third kappa shape index (κ3) is 20.2. The molecule has 4 amide bonds. The van der Waals surface area contributed by atoms with Gasteiger partial charge in [0.05, 0.1) is 79.1 Å². The number of methoxy groups -OCH3 is 3. The Balaban J connectivity index is 0.000000239. The summed E-state index contributed by atoms with van der Waals surface area (Å²) in [6.07, 6.45) is 7.76. The Bertz CT molecular complexity index is 3940. The van der Waals surface area contributed by atoms with Crippen molar-refractivity contribution in [1.29, 1.82) is 15.8 Å². The molecule has 9 rings (SSSR count). The van der Waals surface area contributed by atoms with E-state index < -0.39 is 11.6 Å². The van der Waals surface area contributed by atoms with Gasteiger partial charge in [-0.3, -0.25) is 20.4 Å². The third-order valence-electron chi connectivity index (χ3n) is 13.2. The number of nitrogens with two attached hydrogens (primary N) is 1. The summed E-state index contributed by atoms with van der Waals surface area (Å²) in [5.74, 6) is 1.27. The van der Waals surface area contributed by atoms with Crippen molar-refractivity contribution >= 4 is 54.4 Å². The van der Waals surface area contributed by atoms with Gasteiger partial charge in [0, 0.05) is 57.5 Å². The highest BCUT2D eigenvalue weighted by molar-refractivity contribution is 6.12. The lowest BCUT2D eigenvalue weighted by atomic mass is 9.96. The standard InChI is InChI=1S/2C23H21FN4O2.C20H16FN3O.C4H7NO.ClH/c2*1-3-26-23(29)28-20-10-7-16(14-27-20)12-18-8-9-19(30-2)21(22(18)24)17-6-4-5-15(11-17)13-25;1-25-17-7-6-16(10-14-5-8-18(23)24-12-14)20(21)19(17)15-4-2-3-13(9-15)11-22;1-2-5-3-4-6;/h2*4-11,14H,3,12H2,1-2H3,(H2,26,27,28,29);2-9,12H,10H2,1H3,(H2,23,24);3-4H,2H2,1H3;1H. The van der Waals surface area contributed by atoms with Crippen LogP contribution in [-0.2, 0) is 24.1 Å². The highest BCUT2D eigenvalue weighted by atomic mass is 35.5. The number of nitrogen functional groups attached to an aromatic ring is 1. The van der Waals surface area contributed by atoms with Crippen LogP contribution in [0.25, 0.3) is 33.4 Å². The number of aromatic nitrogens is 3. The number of rotatable bonds is 18. The highest BCUT2D eigenvalue weighted by Gasteiger charge is 2.21. The lowest BCUT2D eigenvalue weighted by Crippen LogP contribution is -2.28. The molecular formula is C70H66ClF3N12O6. The maximum atomic E-state index is 15.4. The summed E-state index contributed by atoms with van der Waals surface area (Å²) in [4.78, 5) is 48.6. The number of nitrogens with zero attached hydrogens (tertiary/aromatic N) is 7. The molecule has 3 heterocycles. The number of nitrogens with one attached hydrogen (secondary N) is 4. The van der Waals surface area contributed by atoms with Gasteiger partial charge < -0.3 is 30.6 Å². The van der Waals surface area contributed by atoms with Crippen LogP contribution in [0.5, 0.6) is 17.2 Å². The molecule has 3 aromatic heterocycles. The van der Waals surface area contributed by atoms with Crippen LogP contribution >= 0.6 is 12.4 Å². The molecule has 6 N–H and O–H groups in total. The second kappa shape index (κ2) is 36.6. The van der Waals surface area contributed by atoms with Crippen LogP contribution in [0.15, 0.2) is 169 Å². The topological polar surface area (TPSA) is 275 Å². The van der Waals surface area contributed by atoms with Crippen molar-refractivity contribution in [3.63, 3.8) is 0 Å². The third-order valence-corrected chi connectivity index (χ3v) is 13.2. The van der Waals surface area contributed by atoms with Crippen LogP contribution in [0.3, 0.4) is 0 Å². The molecule has 0 saturated heterocycles. The number of amides is 4. The number of aldehydes is 1. The number of ether oxygens (including phenoxy) is 3. The number of halogens is 4. The second-order valence-corrected chi connectivity index (χ2v) is 19.4.